The predicted molar refractivity (Wildman–Crippen MR) is 206 cm³/mol. The standard InChI is InChI=1S/C40H64O7Si2/c1-24(2)46-39-37(38(41)40(39,42)34-19-18-33(43-15)22-36(34)44-16)31-17-20-35(47-49(28(9)10,29(11)12)30(13)14)32(21-31)23-45-48(25(3)4,26(5)6)27(7)8/h17-22,24-30,42H,23H2,1-16H3. The van der Waals surface area contributed by atoms with Gasteiger partial charge in [-0.05, 0) is 76.9 Å². The summed E-state index contributed by atoms with van der Waals surface area (Å²) in [5, 5.41) is 12.1. The van der Waals surface area contributed by atoms with E-state index in [9.17, 15) is 9.90 Å². The van der Waals surface area contributed by atoms with E-state index < -0.39 is 28.0 Å². The van der Waals surface area contributed by atoms with Crippen molar-refractivity contribution in [3.8, 4) is 17.2 Å². The lowest BCUT2D eigenvalue weighted by Crippen LogP contribution is -2.51. The summed E-state index contributed by atoms with van der Waals surface area (Å²) in [6.45, 7) is 31.6. The van der Waals surface area contributed by atoms with Crippen molar-refractivity contribution in [3.63, 3.8) is 0 Å². The average Bonchev–Trinajstić information content (AvgIpc) is 3.02. The van der Waals surface area contributed by atoms with Crippen LogP contribution in [0.5, 0.6) is 17.2 Å². The largest absolute Gasteiger partial charge is 0.542 e. The molecular weight excluding hydrogens is 649 g/mol. The summed E-state index contributed by atoms with van der Waals surface area (Å²) >= 11 is 0. The second-order valence-electron chi connectivity index (χ2n) is 15.8. The van der Waals surface area contributed by atoms with Gasteiger partial charge in [0.2, 0.25) is 19.7 Å². The Balaban J connectivity index is 2.30. The van der Waals surface area contributed by atoms with E-state index in [-0.39, 0.29) is 11.9 Å². The zero-order valence-corrected chi connectivity index (χ0v) is 35.1. The number of ether oxygens (including phenoxy) is 3. The zero-order valence-electron chi connectivity index (χ0n) is 33.1. The maximum atomic E-state index is 14.3. The highest BCUT2D eigenvalue weighted by Gasteiger charge is 2.58. The summed E-state index contributed by atoms with van der Waals surface area (Å²) in [4.78, 5) is 14.3. The van der Waals surface area contributed by atoms with Crippen LogP contribution in [0.15, 0.2) is 42.2 Å². The highest BCUT2D eigenvalue weighted by Crippen LogP contribution is 2.53. The van der Waals surface area contributed by atoms with E-state index in [2.05, 4.69) is 83.1 Å². The minimum Gasteiger partial charge on any atom is -0.542 e. The van der Waals surface area contributed by atoms with E-state index in [1.54, 1.807) is 25.3 Å². The minimum atomic E-state index is -2.33. The Labute approximate surface area is 299 Å². The third kappa shape index (κ3) is 7.28. The van der Waals surface area contributed by atoms with Gasteiger partial charge in [-0.25, -0.2) is 0 Å². The fourth-order valence-electron chi connectivity index (χ4n) is 8.68. The first-order chi connectivity index (χ1) is 22.8. The van der Waals surface area contributed by atoms with Crippen molar-refractivity contribution in [3.05, 3.63) is 58.8 Å². The molecule has 1 aliphatic carbocycles. The molecule has 0 fully saturated rings. The van der Waals surface area contributed by atoms with Crippen LogP contribution in [-0.4, -0.2) is 47.8 Å². The molecule has 0 bridgehead atoms. The number of methoxy groups -OCH3 is 2. The molecule has 2 aromatic rings. The number of ketones is 1. The van der Waals surface area contributed by atoms with Crippen LogP contribution < -0.4 is 13.9 Å². The Morgan fingerprint density at radius 2 is 1.20 bits per heavy atom. The molecule has 49 heavy (non-hydrogen) atoms. The molecule has 0 radical (unpaired) electrons. The summed E-state index contributed by atoms with van der Waals surface area (Å²) in [6.07, 6.45) is -0.288. The van der Waals surface area contributed by atoms with E-state index in [1.807, 2.05) is 32.0 Å². The highest BCUT2D eigenvalue weighted by molar-refractivity contribution is 6.78. The molecule has 7 nitrogen and oxygen atoms in total. The van der Waals surface area contributed by atoms with E-state index >= 15 is 0 Å². The van der Waals surface area contributed by atoms with E-state index in [4.69, 9.17) is 23.1 Å². The van der Waals surface area contributed by atoms with Gasteiger partial charge in [0, 0.05) is 17.2 Å². The second kappa shape index (κ2) is 15.7. The van der Waals surface area contributed by atoms with Crippen molar-refractivity contribution in [2.24, 2.45) is 0 Å². The van der Waals surface area contributed by atoms with E-state index in [0.717, 1.165) is 11.3 Å². The first-order valence-electron chi connectivity index (χ1n) is 18.1. The Bertz CT molecular complexity index is 1450. The first-order valence-corrected chi connectivity index (χ1v) is 22.4. The predicted octanol–water partition coefficient (Wildman–Crippen LogP) is 10.6. The molecule has 274 valence electrons. The Hall–Kier alpha value is -2.60. The number of rotatable bonds is 17. The van der Waals surface area contributed by atoms with Crippen molar-refractivity contribution >= 4 is 28.0 Å². The summed E-state index contributed by atoms with van der Waals surface area (Å²) in [6, 6.07) is 11.0. The number of aliphatic hydroxyl groups is 1. The monoisotopic (exact) mass is 712 g/mol. The zero-order chi connectivity index (χ0) is 37.2. The molecule has 0 saturated carbocycles. The summed E-state index contributed by atoms with van der Waals surface area (Å²) in [5.41, 5.74) is 2.61. The van der Waals surface area contributed by atoms with E-state index in [1.165, 1.54) is 7.11 Å². The van der Waals surface area contributed by atoms with Gasteiger partial charge in [0.25, 0.3) is 8.32 Å². The number of benzene rings is 2. The smallest absolute Gasteiger partial charge is 0.258 e. The molecule has 2 aromatic carbocycles. The number of carbonyl (C=O) groups is 1. The van der Waals surface area contributed by atoms with Crippen LogP contribution in [0.2, 0.25) is 33.2 Å². The van der Waals surface area contributed by atoms with Crippen LogP contribution in [0.25, 0.3) is 5.57 Å². The lowest BCUT2D eigenvalue weighted by atomic mass is 9.70. The van der Waals surface area contributed by atoms with Crippen LogP contribution in [0.4, 0.5) is 0 Å². The summed E-state index contributed by atoms with van der Waals surface area (Å²) in [5.74, 6) is 1.47. The normalized spacial score (nSPS) is 17.3. The number of hydrogen-bond donors (Lipinski definition) is 1. The van der Waals surface area contributed by atoms with Gasteiger partial charge < -0.3 is 28.2 Å². The SMILES string of the molecule is COc1ccc(C2(O)C(=O)C(c3ccc(O[Si](C(C)C)(C(C)C)C(C)C)c(CO[Si](C(C)C)(C(C)C)C(C)C)c3)=C2OC(C)C)c(OC)c1. The van der Waals surface area contributed by atoms with Gasteiger partial charge in [0.1, 0.15) is 17.2 Å². The maximum Gasteiger partial charge on any atom is 0.258 e. The van der Waals surface area contributed by atoms with Gasteiger partial charge in [-0.1, -0.05) is 89.2 Å². The number of Topliss-reactive ketones (excluding diaryl/α,β-unsaturated/α-hetero) is 1. The quantitative estimate of drug-likeness (QED) is 0.163. The van der Waals surface area contributed by atoms with Crippen LogP contribution in [0.1, 0.15) is 114 Å². The molecule has 0 heterocycles. The van der Waals surface area contributed by atoms with Crippen molar-refractivity contribution in [1.82, 2.24) is 0 Å². The molecule has 1 atom stereocenters. The van der Waals surface area contributed by atoms with Crippen LogP contribution >= 0.6 is 0 Å². The summed E-state index contributed by atoms with van der Waals surface area (Å²) in [7, 11) is -1.50. The lowest BCUT2D eigenvalue weighted by molar-refractivity contribution is -0.138. The molecule has 0 saturated heterocycles. The lowest BCUT2D eigenvalue weighted by Gasteiger charge is -2.44. The molecular formula is C40H64O7Si2. The van der Waals surface area contributed by atoms with Gasteiger partial charge in [-0.2, -0.15) is 0 Å². The first kappa shape index (κ1) is 40.8. The van der Waals surface area contributed by atoms with Gasteiger partial charge in [-0.15, -0.1) is 0 Å². The molecule has 0 spiro atoms. The maximum absolute atomic E-state index is 14.3. The molecule has 0 aromatic heterocycles. The fraction of sp³-hybridized carbons (Fsp3) is 0.625. The number of hydrogen-bond acceptors (Lipinski definition) is 7. The van der Waals surface area contributed by atoms with Crippen molar-refractivity contribution in [2.75, 3.05) is 14.2 Å². The molecule has 3 rings (SSSR count). The average molecular weight is 713 g/mol. The van der Waals surface area contributed by atoms with Crippen molar-refractivity contribution < 1.29 is 33.0 Å². The topological polar surface area (TPSA) is 83.5 Å². The van der Waals surface area contributed by atoms with Gasteiger partial charge in [-0.3, -0.25) is 4.79 Å². The second-order valence-corrected chi connectivity index (χ2v) is 26.7. The van der Waals surface area contributed by atoms with Gasteiger partial charge >= 0.3 is 0 Å². The van der Waals surface area contributed by atoms with Crippen molar-refractivity contribution in [1.29, 1.82) is 0 Å². The van der Waals surface area contributed by atoms with E-state index in [0.29, 0.717) is 68.1 Å². The third-order valence-corrected chi connectivity index (χ3v) is 22.8. The molecule has 1 N–H and O–H groups in total. The Morgan fingerprint density at radius 3 is 1.65 bits per heavy atom. The minimum absolute atomic E-state index is 0.210. The number of carbonyl (C=O) groups excluding carboxylic acids is 1. The Morgan fingerprint density at radius 1 is 0.673 bits per heavy atom. The molecule has 0 aliphatic heterocycles. The van der Waals surface area contributed by atoms with Gasteiger partial charge in [0.05, 0.1) is 32.5 Å². The summed E-state index contributed by atoms with van der Waals surface area (Å²) < 4.78 is 31.7. The highest BCUT2D eigenvalue weighted by atomic mass is 28.4. The van der Waals surface area contributed by atoms with Crippen LogP contribution in [0.3, 0.4) is 0 Å². The Kier molecular flexibility index (Phi) is 13.1. The molecule has 9 heteroatoms. The molecule has 1 unspecified atom stereocenters. The van der Waals surface area contributed by atoms with Crippen LogP contribution in [-0.2, 0) is 26.2 Å². The van der Waals surface area contributed by atoms with Crippen LogP contribution in [0, 0.1) is 0 Å². The third-order valence-electron chi connectivity index (χ3n) is 10.8. The molecule has 0 amide bonds. The fourth-order valence-corrected chi connectivity index (χ4v) is 19.4. The van der Waals surface area contributed by atoms with Gasteiger partial charge in [0.15, 0.2) is 5.76 Å². The van der Waals surface area contributed by atoms with Crippen molar-refractivity contribution in [2.45, 2.75) is 148 Å². The molecule has 1 aliphatic rings.